The molecule has 2 heterocycles. The number of piperidine rings is 1. The van der Waals surface area contributed by atoms with E-state index in [1.54, 1.807) is 0 Å². The molecule has 1 N–H and O–H groups in total. The summed E-state index contributed by atoms with van der Waals surface area (Å²) in [5, 5.41) is 2.55. The number of amides is 1. The summed E-state index contributed by atoms with van der Waals surface area (Å²) < 4.78 is 78.7. The van der Waals surface area contributed by atoms with Crippen molar-refractivity contribution in [3.05, 3.63) is 45.9 Å². The van der Waals surface area contributed by atoms with Crippen LogP contribution in [0.15, 0.2) is 34.2 Å². The maximum Gasteiger partial charge on any atom is 0.416 e. The Morgan fingerprint density at radius 3 is 2.47 bits per heavy atom. The maximum absolute atomic E-state index is 13.4. The van der Waals surface area contributed by atoms with Crippen LogP contribution in [-0.2, 0) is 18.9 Å². The third-order valence-electron chi connectivity index (χ3n) is 5.81. The molecular formula is C21H17F6N3OS. The lowest BCUT2D eigenvalue weighted by Crippen LogP contribution is -2.26. The number of hydrogen-bond donors (Lipinski definition) is 1. The molecule has 1 saturated heterocycles. The van der Waals surface area contributed by atoms with E-state index in [1.807, 2.05) is 11.0 Å². The summed E-state index contributed by atoms with van der Waals surface area (Å²) in [4.78, 5) is 18.0. The van der Waals surface area contributed by atoms with Crippen molar-refractivity contribution in [1.29, 1.82) is 0 Å². The zero-order chi connectivity index (χ0) is 23.3. The smallest absolute Gasteiger partial charge is 0.358 e. The standard InChI is InChI=1S/C21H17F6N3OS/c1-2-5-28-18-17(32-19(31)29-18)7-13-14-9-30(10-15(13)14)8-11-3-4-12(20(22,23)24)6-16(11)21(25,26)27/h1,3-4,6-7,13-15H,5,8-10H2,(H,28,29,31)/b17-7-/t13-,14+,15-. The summed E-state index contributed by atoms with van der Waals surface area (Å²) in [6.07, 6.45) is -2.56. The second kappa shape index (κ2) is 8.15. The molecule has 1 aromatic carbocycles. The number of carbonyl (C=O) groups is 1. The third-order valence-corrected chi connectivity index (χ3v) is 6.62. The molecule has 0 aromatic heterocycles. The number of allylic oxidation sites excluding steroid dienone is 1. The van der Waals surface area contributed by atoms with Crippen LogP contribution in [0, 0.1) is 30.1 Å². The van der Waals surface area contributed by atoms with Crippen LogP contribution >= 0.6 is 11.8 Å². The Morgan fingerprint density at radius 1 is 1.19 bits per heavy atom. The van der Waals surface area contributed by atoms with Gasteiger partial charge in [0.15, 0.2) is 0 Å². The first-order valence-electron chi connectivity index (χ1n) is 9.67. The fourth-order valence-electron chi connectivity index (χ4n) is 4.29. The second-order valence-corrected chi connectivity index (χ2v) is 8.88. The van der Waals surface area contributed by atoms with Crippen LogP contribution in [0.25, 0.3) is 0 Å². The van der Waals surface area contributed by atoms with E-state index in [9.17, 15) is 31.1 Å². The van der Waals surface area contributed by atoms with Crippen molar-refractivity contribution < 1.29 is 31.1 Å². The summed E-state index contributed by atoms with van der Waals surface area (Å²) >= 11 is 0.999. The molecule has 0 radical (unpaired) electrons. The number of benzene rings is 1. The lowest BCUT2D eigenvalue weighted by molar-refractivity contribution is -0.143. The Hall–Kier alpha value is -2.45. The van der Waals surface area contributed by atoms with Crippen LogP contribution in [0.1, 0.15) is 16.7 Å². The van der Waals surface area contributed by atoms with Gasteiger partial charge >= 0.3 is 17.6 Å². The van der Waals surface area contributed by atoms with Gasteiger partial charge in [-0.05, 0) is 47.2 Å². The van der Waals surface area contributed by atoms with Crippen molar-refractivity contribution in [2.24, 2.45) is 22.7 Å². The lowest BCUT2D eigenvalue weighted by Gasteiger charge is -2.22. The molecule has 0 unspecified atom stereocenters. The van der Waals surface area contributed by atoms with E-state index in [0.29, 0.717) is 29.9 Å². The maximum atomic E-state index is 13.4. The van der Waals surface area contributed by atoms with E-state index in [-0.39, 0.29) is 47.7 Å². The number of carbonyl (C=O) groups excluding carboxylic acids is 1. The molecule has 0 bridgehead atoms. The summed E-state index contributed by atoms with van der Waals surface area (Å²) in [7, 11) is 0. The predicted octanol–water partition coefficient (Wildman–Crippen LogP) is 4.77. The number of fused-ring (bicyclic) bond motifs is 1. The number of aliphatic imine (C=N–C) groups is 1. The van der Waals surface area contributed by atoms with Crippen molar-refractivity contribution >= 4 is 22.8 Å². The first-order chi connectivity index (χ1) is 15.0. The van der Waals surface area contributed by atoms with E-state index >= 15 is 0 Å². The summed E-state index contributed by atoms with van der Waals surface area (Å²) in [5.74, 6) is 3.45. The molecule has 1 aromatic rings. The van der Waals surface area contributed by atoms with Crippen LogP contribution in [-0.4, -0.2) is 35.6 Å². The molecule has 2 aliphatic heterocycles. The van der Waals surface area contributed by atoms with Gasteiger partial charge in [-0.3, -0.25) is 9.69 Å². The van der Waals surface area contributed by atoms with Gasteiger partial charge in [-0.2, -0.15) is 31.3 Å². The van der Waals surface area contributed by atoms with E-state index in [1.165, 1.54) is 0 Å². The van der Waals surface area contributed by atoms with Crippen molar-refractivity contribution in [3.8, 4) is 12.3 Å². The molecule has 1 saturated carbocycles. The van der Waals surface area contributed by atoms with Crippen LogP contribution in [0.4, 0.5) is 31.1 Å². The normalized spacial score (nSPS) is 26.8. The van der Waals surface area contributed by atoms with Gasteiger partial charge in [0.05, 0.1) is 22.6 Å². The number of likely N-dealkylation sites (tertiary alicyclic amines) is 1. The molecule has 3 aliphatic rings. The SMILES string of the molecule is C#CCNC1=NC(=O)S/C1=C\[C@H]1[C@H]2CN(Cc3ccc(C(F)(F)F)cc3C(F)(F)F)C[C@@H]12. The highest BCUT2D eigenvalue weighted by Crippen LogP contribution is 2.54. The molecule has 4 nitrogen and oxygen atoms in total. The monoisotopic (exact) mass is 473 g/mol. The summed E-state index contributed by atoms with van der Waals surface area (Å²) in [5.41, 5.74) is -2.75. The Labute approximate surface area is 184 Å². The van der Waals surface area contributed by atoms with Crippen molar-refractivity contribution in [3.63, 3.8) is 0 Å². The number of terminal acetylenes is 1. The van der Waals surface area contributed by atoms with E-state index in [2.05, 4.69) is 16.2 Å². The fraction of sp³-hybridized carbons (Fsp3) is 0.429. The topological polar surface area (TPSA) is 44.7 Å². The van der Waals surface area contributed by atoms with Crippen molar-refractivity contribution in [2.75, 3.05) is 19.6 Å². The van der Waals surface area contributed by atoms with Crippen LogP contribution in [0.2, 0.25) is 0 Å². The highest BCUT2D eigenvalue weighted by atomic mass is 32.2. The Morgan fingerprint density at radius 2 is 1.88 bits per heavy atom. The molecule has 1 aliphatic carbocycles. The number of nitrogens with zero attached hydrogens (tertiary/aromatic N) is 2. The third kappa shape index (κ3) is 4.66. The number of nitrogens with one attached hydrogen (secondary N) is 1. The quantitative estimate of drug-likeness (QED) is 0.506. The number of rotatable bonds is 4. The molecule has 1 amide bonds. The van der Waals surface area contributed by atoms with Gasteiger partial charge in [0.25, 0.3) is 0 Å². The molecular weight excluding hydrogens is 456 g/mol. The number of alkyl halides is 6. The zero-order valence-corrected chi connectivity index (χ0v) is 17.2. The Kier molecular flexibility index (Phi) is 5.79. The van der Waals surface area contributed by atoms with Crippen LogP contribution in [0.3, 0.4) is 0 Å². The fourth-order valence-corrected chi connectivity index (χ4v) is 5.06. The highest BCUT2D eigenvalue weighted by molar-refractivity contribution is 8.18. The van der Waals surface area contributed by atoms with Crippen LogP contribution < -0.4 is 5.32 Å². The second-order valence-electron chi connectivity index (χ2n) is 7.88. The van der Waals surface area contributed by atoms with Crippen LogP contribution in [0.5, 0.6) is 0 Å². The van der Waals surface area contributed by atoms with Gasteiger partial charge in [-0.1, -0.05) is 18.1 Å². The summed E-state index contributed by atoms with van der Waals surface area (Å²) in [6.45, 7) is 1.21. The van der Waals surface area contributed by atoms with Crippen molar-refractivity contribution in [1.82, 2.24) is 10.2 Å². The predicted molar refractivity (Wildman–Crippen MR) is 108 cm³/mol. The Balaban J connectivity index is 1.42. The first kappa shape index (κ1) is 22.7. The lowest BCUT2D eigenvalue weighted by atomic mass is 10.0. The minimum absolute atomic E-state index is 0.0764. The number of halogens is 6. The number of thioether (sulfide) groups is 1. The number of amidine groups is 1. The minimum atomic E-state index is -4.88. The first-order valence-corrected chi connectivity index (χ1v) is 10.5. The Bertz CT molecular complexity index is 1030. The zero-order valence-electron chi connectivity index (χ0n) is 16.4. The van der Waals surface area contributed by atoms with Gasteiger partial charge in [0, 0.05) is 19.6 Å². The van der Waals surface area contributed by atoms with E-state index in [0.717, 1.165) is 17.8 Å². The van der Waals surface area contributed by atoms with E-state index in [4.69, 9.17) is 6.42 Å². The molecule has 2 fully saturated rings. The van der Waals surface area contributed by atoms with Gasteiger partial charge in [-0.15, -0.1) is 6.42 Å². The van der Waals surface area contributed by atoms with E-state index < -0.39 is 23.5 Å². The largest absolute Gasteiger partial charge is 0.416 e. The molecule has 4 rings (SSSR count). The van der Waals surface area contributed by atoms with Gasteiger partial charge in [-0.25, -0.2) is 0 Å². The average Bonchev–Trinajstić information content (AvgIpc) is 3.00. The average molecular weight is 473 g/mol. The molecule has 32 heavy (non-hydrogen) atoms. The molecule has 0 spiro atoms. The van der Waals surface area contributed by atoms with Gasteiger partial charge in [0.1, 0.15) is 5.84 Å². The molecule has 11 heteroatoms. The summed E-state index contributed by atoms with van der Waals surface area (Å²) in [6, 6.07) is 1.78. The van der Waals surface area contributed by atoms with Gasteiger partial charge in [0.2, 0.25) is 0 Å². The van der Waals surface area contributed by atoms with Crippen molar-refractivity contribution in [2.45, 2.75) is 18.9 Å². The minimum Gasteiger partial charge on any atom is -0.358 e. The molecule has 3 atom stereocenters. The van der Waals surface area contributed by atoms with Gasteiger partial charge < -0.3 is 5.32 Å². The molecule has 170 valence electrons. The number of hydrogen-bond acceptors (Lipinski definition) is 4. The highest BCUT2D eigenvalue weighted by Gasteiger charge is 2.54.